The Morgan fingerprint density at radius 2 is 1.95 bits per heavy atom. The molecule has 0 aromatic rings. The molecule has 0 saturated carbocycles. The molecule has 0 amide bonds. The third-order valence-corrected chi connectivity index (χ3v) is 4.07. The fourth-order valence-corrected chi connectivity index (χ4v) is 2.78. The van der Waals surface area contributed by atoms with Gasteiger partial charge in [-0.2, -0.15) is 0 Å². The first-order valence-corrected chi connectivity index (χ1v) is 8.23. The van der Waals surface area contributed by atoms with Crippen LogP contribution in [-0.2, 0) is 9.47 Å². The van der Waals surface area contributed by atoms with Gasteiger partial charge in [0.1, 0.15) is 6.10 Å². The van der Waals surface area contributed by atoms with Crippen molar-refractivity contribution in [3.8, 4) is 0 Å². The zero-order valence-electron chi connectivity index (χ0n) is 13.6. The number of aliphatic hydroxyl groups is 3. The highest BCUT2D eigenvalue weighted by Crippen LogP contribution is 2.31. The van der Waals surface area contributed by atoms with Gasteiger partial charge in [-0.15, -0.1) is 0 Å². The summed E-state index contributed by atoms with van der Waals surface area (Å²) in [5.41, 5.74) is 0. The Bertz CT molecular complexity index is 271. The molecule has 5 unspecified atom stereocenters. The summed E-state index contributed by atoms with van der Waals surface area (Å²) in [4.78, 5) is 0. The minimum atomic E-state index is -0.855. The molecule has 0 spiro atoms. The van der Waals surface area contributed by atoms with Crippen LogP contribution in [0.1, 0.15) is 52.9 Å². The van der Waals surface area contributed by atoms with Crippen molar-refractivity contribution >= 4 is 0 Å². The van der Waals surface area contributed by atoms with Crippen molar-refractivity contribution in [2.45, 2.75) is 83.4 Å². The lowest BCUT2D eigenvalue weighted by molar-refractivity contribution is -0.0857. The van der Waals surface area contributed by atoms with Gasteiger partial charge in [-0.05, 0) is 12.3 Å². The normalized spacial score (nSPS) is 29.0. The molecule has 0 aromatic carbocycles. The van der Waals surface area contributed by atoms with Crippen LogP contribution in [0.15, 0.2) is 0 Å². The highest BCUT2D eigenvalue weighted by atomic mass is 16.6. The van der Waals surface area contributed by atoms with Crippen LogP contribution in [0.4, 0.5) is 0 Å². The highest BCUT2D eigenvalue weighted by Gasteiger charge is 2.40. The molecule has 0 aromatic heterocycles. The average molecular weight is 304 g/mol. The van der Waals surface area contributed by atoms with Crippen LogP contribution in [0.2, 0.25) is 0 Å². The van der Waals surface area contributed by atoms with Gasteiger partial charge in [0.2, 0.25) is 0 Å². The van der Waals surface area contributed by atoms with Gasteiger partial charge in [0.25, 0.3) is 0 Å². The Hall–Kier alpha value is -0.200. The van der Waals surface area contributed by atoms with E-state index in [0.29, 0.717) is 6.42 Å². The molecule has 1 aliphatic rings. The SMILES string of the molecule is CCCCCC(O)C1CC(OCC(O)CO)C(C(C)C)O1. The lowest BCUT2D eigenvalue weighted by Crippen LogP contribution is -2.32. The summed E-state index contributed by atoms with van der Waals surface area (Å²) in [6.07, 6.45) is 2.99. The van der Waals surface area contributed by atoms with Crippen molar-refractivity contribution in [2.24, 2.45) is 5.92 Å². The van der Waals surface area contributed by atoms with E-state index in [-0.39, 0.29) is 37.4 Å². The molecule has 1 heterocycles. The van der Waals surface area contributed by atoms with E-state index in [0.717, 1.165) is 25.7 Å². The number of aliphatic hydroxyl groups excluding tert-OH is 3. The number of hydrogen-bond donors (Lipinski definition) is 3. The third-order valence-electron chi connectivity index (χ3n) is 4.07. The molecular formula is C16H32O5. The second-order valence-corrected chi connectivity index (χ2v) is 6.39. The van der Waals surface area contributed by atoms with Crippen LogP contribution in [0, 0.1) is 5.92 Å². The number of unbranched alkanes of at least 4 members (excludes halogenated alkanes) is 2. The quantitative estimate of drug-likeness (QED) is 0.533. The smallest absolute Gasteiger partial charge is 0.100 e. The maximum atomic E-state index is 10.2. The van der Waals surface area contributed by atoms with Gasteiger partial charge >= 0.3 is 0 Å². The average Bonchev–Trinajstić information content (AvgIpc) is 2.89. The molecule has 126 valence electrons. The summed E-state index contributed by atoms with van der Waals surface area (Å²) < 4.78 is 11.7. The van der Waals surface area contributed by atoms with Gasteiger partial charge in [-0.1, -0.05) is 40.0 Å². The van der Waals surface area contributed by atoms with Crippen molar-refractivity contribution < 1.29 is 24.8 Å². The van der Waals surface area contributed by atoms with E-state index in [1.165, 1.54) is 0 Å². The molecule has 5 heteroatoms. The van der Waals surface area contributed by atoms with E-state index in [9.17, 15) is 10.2 Å². The number of rotatable bonds is 10. The van der Waals surface area contributed by atoms with Crippen molar-refractivity contribution in [1.82, 2.24) is 0 Å². The van der Waals surface area contributed by atoms with E-state index in [1.54, 1.807) is 0 Å². The second kappa shape index (κ2) is 9.74. The fourth-order valence-electron chi connectivity index (χ4n) is 2.78. The van der Waals surface area contributed by atoms with Crippen molar-refractivity contribution in [1.29, 1.82) is 0 Å². The molecule has 1 aliphatic heterocycles. The Morgan fingerprint density at radius 3 is 2.52 bits per heavy atom. The zero-order chi connectivity index (χ0) is 15.8. The van der Waals surface area contributed by atoms with Crippen LogP contribution in [0.5, 0.6) is 0 Å². The van der Waals surface area contributed by atoms with Crippen LogP contribution in [-0.4, -0.2) is 59.1 Å². The Morgan fingerprint density at radius 1 is 1.24 bits per heavy atom. The van der Waals surface area contributed by atoms with Gasteiger partial charge in [-0.3, -0.25) is 0 Å². The Balaban J connectivity index is 2.47. The third kappa shape index (κ3) is 6.20. The molecule has 21 heavy (non-hydrogen) atoms. The Labute approximate surface area is 128 Å². The first-order valence-electron chi connectivity index (χ1n) is 8.23. The minimum absolute atomic E-state index is 0.0679. The van der Waals surface area contributed by atoms with Crippen molar-refractivity contribution in [3.63, 3.8) is 0 Å². The predicted octanol–water partition coefficient (Wildman–Crippen LogP) is 1.48. The molecular weight excluding hydrogens is 272 g/mol. The molecule has 0 radical (unpaired) electrons. The molecule has 1 rings (SSSR count). The molecule has 5 atom stereocenters. The van der Waals surface area contributed by atoms with Gasteiger partial charge in [0.05, 0.1) is 37.6 Å². The van der Waals surface area contributed by atoms with Gasteiger partial charge in [-0.25, -0.2) is 0 Å². The molecule has 0 aliphatic carbocycles. The van der Waals surface area contributed by atoms with Crippen molar-refractivity contribution in [2.75, 3.05) is 13.2 Å². The summed E-state index contributed by atoms with van der Waals surface area (Å²) in [5.74, 6) is 0.286. The van der Waals surface area contributed by atoms with E-state index < -0.39 is 12.2 Å². The van der Waals surface area contributed by atoms with Gasteiger partial charge in [0, 0.05) is 6.42 Å². The van der Waals surface area contributed by atoms with E-state index in [4.69, 9.17) is 14.6 Å². The molecule has 1 saturated heterocycles. The van der Waals surface area contributed by atoms with E-state index in [2.05, 4.69) is 20.8 Å². The van der Waals surface area contributed by atoms with Gasteiger partial charge in [0.15, 0.2) is 0 Å². The summed E-state index contributed by atoms with van der Waals surface area (Å²) in [6, 6.07) is 0. The molecule has 1 fully saturated rings. The molecule has 3 N–H and O–H groups in total. The largest absolute Gasteiger partial charge is 0.394 e. The van der Waals surface area contributed by atoms with Crippen LogP contribution in [0.25, 0.3) is 0 Å². The summed E-state index contributed by atoms with van der Waals surface area (Å²) in [7, 11) is 0. The topological polar surface area (TPSA) is 79.2 Å². The highest BCUT2D eigenvalue weighted by molar-refractivity contribution is 4.88. The first-order chi connectivity index (χ1) is 9.99. The zero-order valence-corrected chi connectivity index (χ0v) is 13.6. The number of ether oxygens (including phenoxy) is 2. The van der Waals surface area contributed by atoms with Crippen LogP contribution >= 0.6 is 0 Å². The first kappa shape index (κ1) is 18.8. The summed E-state index contributed by atoms with van der Waals surface area (Å²) in [6.45, 7) is 6.07. The van der Waals surface area contributed by atoms with E-state index >= 15 is 0 Å². The minimum Gasteiger partial charge on any atom is -0.394 e. The lowest BCUT2D eigenvalue weighted by atomic mass is 9.98. The summed E-state index contributed by atoms with van der Waals surface area (Å²) >= 11 is 0. The van der Waals surface area contributed by atoms with Crippen LogP contribution < -0.4 is 0 Å². The Kier molecular flexibility index (Phi) is 8.74. The van der Waals surface area contributed by atoms with Gasteiger partial charge < -0.3 is 24.8 Å². The summed E-state index contributed by atoms with van der Waals surface area (Å²) in [5, 5.41) is 28.5. The van der Waals surface area contributed by atoms with Crippen LogP contribution in [0.3, 0.4) is 0 Å². The maximum absolute atomic E-state index is 10.2. The predicted molar refractivity (Wildman–Crippen MR) is 81.1 cm³/mol. The van der Waals surface area contributed by atoms with Crippen molar-refractivity contribution in [3.05, 3.63) is 0 Å². The second-order valence-electron chi connectivity index (χ2n) is 6.39. The fraction of sp³-hybridized carbons (Fsp3) is 1.00. The standard InChI is InChI=1S/C16H32O5/c1-4-5-6-7-13(19)14-8-15(16(21-14)11(2)3)20-10-12(18)9-17/h11-19H,4-10H2,1-3H3. The molecule has 0 bridgehead atoms. The lowest BCUT2D eigenvalue weighted by Gasteiger charge is -2.23. The molecule has 5 nitrogen and oxygen atoms in total. The number of hydrogen-bond acceptors (Lipinski definition) is 5. The maximum Gasteiger partial charge on any atom is 0.100 e. The monoisotopic (exact) mass is 304 g/mol. The van der Waals surface area contributed by atoms with E-state index in [1.807, 2.05) is 0 Å².